The minimum Gasteiger partial charge on any atom is -0.459 e. The van der Waals surface area contributed by atoms with Crippen LogP contribution in [0.3, 0.4) is 0 Å². The monoisotopic (exact) mass is 378 g/mol. The molecule has 28 heavy (non-hydrogen) atoms. The van der Waals surface area contributed by atoms with Crippen molar-refractivity contribution < 1.29 is 23.8 Å². The lowest BCUT2D eigenvalue weighted by Crippen LogP contribution is -2.41. The first-order valence-electron chi connectivity index (χ1n) is 9.10. The highest BCUT2D eigenvalue weighted by Gasteiger charge is 2.31. The average Bonchev–Trinajstić information content (AvgIpc) is 2.75. The molecule has 0 N–H and O–H groups in total. The van der Waals surface area contributed by atoms with Crippen LogP contribution in [-0.4, -0.2) is 36.9 Å². The van der Waals surface area contributed by atoms with Crippen molar-refractivity contribution in [3.63, 3.8) is 0 Å². The van der Waals surface area contributed by atoms with Crippen molar-refractivity contribution in [2.75, 3.05) is 6.61 Å². The van der Waals surface area contributed by atoms with Gasteiger partial charge in [0.2, 0.25) is 0 Å². The third-order valence-electron chi connectivity index (χ3n) is 4.27. The predicted octanol–water partition coefficient (Wildman–Crippen LogP) is 3.97. The summed E-state index contributed by atoms with van der Waals surface area (Å²) in [5.41, 5.74) is 0.901. The maximum absolute atomic E-state index is 12.4. The van der Waals surface area contributed by atoms with Crippen molar-refractivity contribution in [2.24, 2.45) is 0 Å². The Hall–Kier alpha value is -3.18. The third kappa shape index (κ3) is 5.18. The van der Waals surface area contributed by atoms with Crippen LogP contribution in [0.2, 0.25) is 0 Å². The molecule has 3 atom stereocenters. The van der Waals surface area contributed by atoms with Crippen molar-refractivity contribution in [3.8, 4) is 0 Å². The summed E-state index contributed by atoms with van der Waals surface area (Å²) >= 11 is 0. The molecule has 0 spiro atoms. The minimum atomic E-state index is -0.655. The highest BCUT2D eigenvalue weighted by molar-refractivity contribution is 5.90. The highest BCUT2D eigenvalue weighted by Crippen LogP contribution is 2.20. The zero-order valence-corrected chi connectivity index (χ0v) is 15.4. The van der Waals surface area contributed by atoms with Gasteiger partial charge in [-0.1, -0.05) is 48.6 Å². The van der Waals surface area contributed by atoms with Gasteiger partial charge >= 0.3 is 11.9 Å². The molecule has 5 heteroatoms. The molecule has 0 aliphatic carbocycles. The highest BCUT2D eigenvalue weighted by atomic mass is 16.6. The number of ether oxygens (including phenoxy) is 3. The van der Waals surface area contributed by atoms with Crippen molar-refractivity contribution in [1.82, 2.24) is 0 Å². The fourth-order valence-electron chi connectivity index (χ4n) is 2.83. The van der Waals surface area contributed by atoms with Crippen molar-refractivity contribution in [3.05, 3.63) is 96.6 Å². The number of hydrogen-bond acceptors (Lipinski definition) is 5. The van der Waals surface area contributed by atoms with Gasteiger partial charge in [-0.05, 0) is 36.8 Å². The molecule has 5 nitrogen and oxygen atoms in total. The molecule has 2 aromatic rings. The van der Waals surface area contributed by atoms with Crippen LogP contribution in [0, 0.1) is 0 Å². The van der Waals surface area contributed by atoms with E-state index >= 15 is 0 Å². The summed E-state index contributed by atoms with van der Waals surface area (Å²) < 4.78 is 16.9. The molecule has 0 fully saturated rings. The molecule has 2 aromatic carbocycles. The number of esters is 2. The van der Waals surface area contributed by atoms with E-state index in [0.717, 1.165) is 0 Å². The second-order valence-electron chi connectivity index (χ2n) is 6.32. The lowest BCUT2D eigenvalue weighted by Gasteiger charge is -2.31. The summed E-state index contributed by atoms with van der Waals surface area (Å²) in [6, 6.07) is 17.4. The topological polar surface area (TPSA) is 61.8 Å². The van der Waals surface area contributed by atoms with Gasteiger partial charge in [-0.15, -0.1) is 6.58 Å². The first-order chi connectivity index (χ1) is 13.7. The lowest BCUT2D eigenvalue weighted by molar-refractivity contribution is -0.0882. The van der Waals surface area contributed by atoms with E-state index in [9.17, 15) is 9.59 Å². The summed E-state index contributed by atoms with van der Waals surface area (Å²) in [4.78, 5) is 24.6. The summed E-state index contributed by atoms with van der Waals surface area (Å²) in [5.74, 6) is -0.910. The number of carbonyl (C=O) groups is 2. The van der Waals surface area contributed by atoms with Crippen LogP contribution in [-0.2, 0) is 14.2 Å². The van der Waals surface area contributed by atoms with Gasteiger partial charge in [0.05, 0.1) is 17.2 Å². The summed E-state index contributed by atoms with van der Waals surface area (Å²) in [7, 11) is 0. The van der Waals surface area contributed by atoms with Crippen molar-refractivity contribution >= 4 is 11.9 Å². The summed E-state index contributed by atoms with van der Waals surface area (Å²) in [6.07, 6.45) is 4.51. The van der Waals surface area contributed by atoms with E-state index in [4.69, 9.17) is 14.2 Å². The number of carbonyl (C=O) groups excluding carboxylic acids is 2. The Morgan fingerprint density at radius 1 is 0.929 bits per heavy atom. The molecule has 0 unspecified atom stereocenters. The molecular formula is C23H22O5. The number of benzene rings is 2. The van der Waals surface area contributed by atoms with E-state index in [-0.39, 0.29) is 12.7 Å². The predicted molar refractivity (Wildman–Crippen MR) is 105 cm³/mol. The summed E-state index contributed by atoms with van der Waals surface area (Å²) in [5, 5.41) is 0. The van der Waals surface area contributed by atoms with Gasteiger partial charge in [0.25, 0.3) is 0 Å². The Morgan fingerprint density at radius 2 is 1.54 bits per heavy atom. The third-order valence-corrected chi connectivity index (χ3v) is 4.27. The van der Waals surface area contributed by atoms with Gasteiger partial charge in [-0.3, -0.25) is 0 Å². The normalized spacial score (nSPS) is 20.9. The van der Waals surface area contributed by atoms with E-state index in [2.05, 4.69) is 6.58 Å². The Bertz CT molecular complexity index is 829. The van der Waals surface area contributed by atoms with Gasteiger partial charge < -0.3 is 14.2 Å². The van der Waals surface area contributed by atoms with E-state index in [1.54, 1.807) is 60.7 Å². The van der Waals surface area contributed by atoms with Gasteiger partial charge in [0.15, 0.2) is 0 Å². The molecule has 0 saturated heterocycles. The maximum atomic E-state index is 12.4. The quantitative estimate of drug-likeness (QED) is 0.539. The molecule has 0 aromatic heterocycles. The Labute approximate surface area is 164 Å². The zero-order chi connectivity index (χ0) is 19.8. The van der Waals surface area contributed by atoms with Crippen molar-refractivity contribution in [2.45, 2.75) is 24.7 Å². The second kappa shape index (κ2) is 9.67. The molecule has 0 amide bonds. The molecule has 3 rings (SSSR count). The van der Waals surface area contributed by atoms with E-state index < -0.39 is 24.1 Å². The van der Waals surface area contributed by atoms with Crippen molar-refractivity contribution in [1.29, 1.82) is 0 Å². The standard InChI is InChI=1S/C23H22O5/c1-2-9-19-14-15-20(28-23(25)18-12-7-4-8-13-18)21(27-19)16-26-22(24)17-10-5-3-6-11-17/h2-8,10-15,19-21H,1,9,16H2/t19-,20+,21-/m1/s1. The van der Waals surface area contributed by atoms with Crippen LogP contribution in [0.15, 0.2) is 85.5 Å². The van der Waals surface area contributed by atoms with E-state index in [0.29, 0.717) is 17.5 Å². The minimum absolute atomic E-state index is 0.0293. The molecule has 1 heterocycles. The van der Waals surface area contributed by atoms with Crippen LogP contribution < -0.4 is 0 Å². The molecular weight excluding hydrogens is 356 g/mol. The van der Waals surface area contributed by atoms with Crippen LogP contribution in [0.1, 0.15) is 27.1 Å². The molecule has 1 aliphatic rings. The Kier molecular flexibility index (Phi) is 6.76. The largest absolute Gasteiger partial charge is 0.459 e. The first-order valence-corrected chi connectivity index (χ1v) is 9.10. The maximum Gasteiger partial charge on any atom is 0.338 e. The van der Waals surface area contributed by atoms with Gasteiger partial charge in [-0.2, -0.15) is 0 Å². The Morgan fingerprint density at radius 3 is 2.14 bits per heavy atom. The number of rotatable bonds is 7. The van der Waals surface area contributed by atoms with Crippen LogP contribution in [0.4, 0.5) is 0 Å². The van der Waals surface area contributed by atoms with Gasteiger partial charge in [0, 0.05) is 0 Å². The van der Waals surface area contributed by atoms with E-state index in [1.165, 1.54) is 0 Å². The Balaban J connectivity index is 1.67. The average molecular weight is 378 g/mol. The molecule has 1 aliphatic heterocycles. The van der Waals surface area contributed by atoms with Crippen LogP contribution in [0.25, 0.3) is 0 Å². The molecule has 0 saturated carbocycles. The lowest BCUT2D eigenvalue weighted by atomic mass is 10.1. The second-order valence-corrected chi connectivity index (χ2v) is 6.32. The first kappa shape index (κ1) is 19.6. The summed E-state index contributed by atoms with van der Waals surface area (Å²) in [6.45, 7) is 3.69. The smallest absolute Gasteiger partial charge is 0.338 e. The molecule has 0 bridgehead atoms. The molecule has 144 valence electrons. The zero-order valence-electron chi connectivity index (χ0n) is 15.4. The van der Waals surface area contributed by atoms with Gasteiger partial charge in [-0.25, -0.2) is 9.59 Å². The van der Waals surface area contributed by atoms with E-state index in [1.807, 2.05) is 18.2 Å². The van der Waals surface area contributed by atoms with Crippen LogP contribution >= 0.6 is 0 Å². The van der Waals surface area contributed by atoms with Crippen LogP contribution in [0.5, 0.6) is 0 Å². The van der Waals surface area contributed by atoms with Gasteiger partial charge in [0.1, 0.15) is 18.8 Å². The molecule has 0 radical (unpaired) electrons. The fraction of sp³-hybridized carbons (Fsp3) is 0.217. The fourth-order valence-corrected chi connectivity index (χ4v) is 2.83. The number of hydrogen-bond donors (Lipinski definition) is 0. The SMILES string of the molecule is C=CC[C@@H]1C=C[C@H](OC(=O)c2ccccc2)[C@@H](COC(=O)c2ccccc2)O1.